The van der Waals surface area contributed by atoms with Gasteiger partial charge in [-0.2, -0.15) is 0 Å². The molecular formula is C26H24ClNO5. The molecule has 1 fully saturated rings. The standard InChI is InChI=1S/C26H24ClNO5/c1-14-7-15(2)12-28(11-14)13-21-22(29)5-4-18-19(10-24(30)33-25(18)21)20-9-16-8-17(27)3-6-23(16)32-26(20)31/h3-6,8-10,14-15,29H,7,11-13H2,1-2H3/t14-,15-/m0/s1. The lowest BCUT2D eigenvalue weighted by molar-refractivity contribution is 0.133. The Morgan fingerprint density at radius 1 is 1.00 bits per heavy atom. The fourth-order valence-electron chi connectivity index (χ4n) is 5.07. The maximum Gasteiger partial charge on any atom is 0.344 e. The van der Waals surface area contributed by atoms with Crippen molar-refractivity contribution in [3.63, 3.8) is 0 Å². The average Bonchev–Trinajstić information content (AvgIpc) is 2.74. The number of fused-ring (bicyclic) bond motifs is 2. The van der Waals surface area contributed by atoms with Gasteiger partial charge in [-0.25, -0.2) is 9.59 Å². The lowest BCUT2D eigenvalue weighted by Crippen LogP contribution is -2.38. The molecule has 6 nitrogen and oxygen atoms in total. The number of likely N-dealkylation sites (tertiary alicyclic amines) is 1. The Morgan fingerprint density at radius 2 is 1.76 bits per heavy atom. The quantitative estimate of drug-likeness (QED) is 0.407. The van der Waals surface area contributed by atoms with Gasteiger partial charge in [0.1, 0.15) is 16.9 Å². The van der Waals surface area contributed by atoms with Crippen LogP contribution in [0.4, 0.5) is 0 Å². The van der Waals surface area contributed by atoms with Gasteiger partial charge in [0.15, 0.2) is 0 Å². The van der Waals surface area contributed by atoms with Crippen LogP contribution in [0.3, 0.4) is 0 Å². The van der Waals surface area contributed by atoms with Crippen LogP contribution in [0.2, 0.25) is 5.02 Å². The lowest BCUT2D eigenvalue weighted by atomic mass is 9.91. The van der Waals surface area contributed by atoms with Crippen molar-refractivity contribution in [1.82, 2.24) is 4.90 Å². The normalized spacial score (nSPS) is 19.4. The van der Waals surface area contributed by atoms with E-state index in [2.05, 4.69) is 18.7 Å². The molecule has 0 amide bonds. The van der Waals surface area contributed by atoms with Gasteiger partial charge >= 0.3 is 11.3 Å². The molecule has 1 N–H and O–H groups in total. The van der Waals surface area contributed by atoms with E-state index < -0.39 is 11.3 Å². The molecule has 3 heterocycles. The molecule has 7 heteroatoms. The van der Waals surface area contributed by atoms with Crippen molar-refractivity contribution in [3.8, 4) is 16.9 Å². The third kappa shape index (κ3) is 4.16. The maximum absolute atomic E-state index is 12.8. The molecule has 0 unspecified atom stereocenters. The van der Waals surface area contributed by atoms with E-state index in [0.29, 0.717) is 50.9 Å². The highest BCUT2D eigenvalue weighted by molar-refractivity contribution is 6.31. The van der Waals surface area contributed by atoms with Crippen LogP contribution in [-0.4, -0.2) is 23.1 Å². The topological polar surface area (TPSA) is 83.9 Å². The molecule has 170 valence electrons. The van der Waals surface area contributed by atoms with Crippen LogP contribution in [0.15, 0.2) is 60.9 Å². The number of benzene rings is 2. The number of halogens is 1. The molecule has 2 atom stereocenters. The first-order valence-corrected chi connectivity index (χ1v) is 11.4. The number of piperidine rings is 1. The number of phenolic OH excluding ortho intramolecular Hbond substituents is 1. The third-order valence-electron chi connectivity index (χ3n) is 6.30. The molecule has 0 spiro atoms. The van der Waals surface area contributed by atoms with E-state index in [0.717, 1.165) is 13.1 Å². The molecule has 1 saturated heterocycles. The van der Waals surface area contributed by atoms with Crippen molar-refractivity contribution in [3.05, 3.63) is 73.9 Å². The van der Waals surface area contributed by atoms with Crippen LogP contribution in [0.5, 0.6) is 5.75 Å². The second-order valence-electron chi connectivity index (χ2n) is 9.19. The van der Waals surface area contributed by atoms with Crippen molar-refractivity contribution >= 4 is 33.5 Å². The van der Waals surface area contributed by atoms with Gasteiger partial charge in [0.25, 0.3) is 0 Å². The third-order valence-corrected chi connectivity index (χ3v) is 6.54. The Kier molecular flexibility index (Phi) is 5.51. The Balaban J connectivity index is 1.68. The number of nitrogens with zero attached hydrogens (tertiary/aromatic N) is 1. The predicted molar refractivity (Wildman–Crippen MR) is 129 cm³/mol. The zero-order valence-electron chi connectivity index (χ0n) is 18.4. The molecule has 2 aromatic heterocycles. The van der Waals surface area contributed by atoms with Crippen molar-refractivity contribution < 1.29 is 13.9 Å². The van der Waals surface area contributed by atoms with Gasteiger partial charge in [-0.1, -0.05) is 25.4 Å². The summed E-state index contributed by atoms with van der Waals surface area (Å²) < 4.78 is 11.1. The second kappa shape index (κ2) is 8.36. The number of hydrogen-bond donors (Lipinski definition) is 1. The molecule has 5 rings (SSSR count). The lowest BCUT2D eigenvalue weighted by Gasteiger charge is -2.35. The molecule has 33 heavy (non-hydrogen) atoms. The minimum absolute atomic E-state index is 0.0611. The SMILES string of the molecule is C[C@H]1C[C@H](C)CN(Cc2c(O)ccc3c(-c4cc5cc(Cl)ccc5oc4=O)cc(=O)oc23)C1. The van der Waals surface area contributed by atoms with Gasteiger partial charge in [0, 0.05) is 47.1 Å². The number of phenols is 1. The van der Waals surface area contributed by atoms with Crippen LogP contribution in [0, 0.1) is 11.8 Å². The van der Waals surface area contributed by atoms with Gasteiger partial charge in [-0.05, 0) is 54.7 Å². The minimum atomic E-state index is -0.602. The van der Waals surface area contributed by atoms with E-state index in [1.54, 1.807) is 36.4 Å². The van der Waals surface area contributed by atoms with Crippen molar-refractivity contribution in [2.45, 2.75) is 26.8 Å². The van der Waals surface area contributed by atoms with E-state index in [4.69, 9.17) is 20.4 Å². The molecular weight excluding hydrogens is 442 g/mol. The summed E-state index contributed by atoms with van der Waals surface area (Å²) in [6, 6.07) is 11.2. The van der Waals surface area contributed by atoms with Gasteiger partial charge in [-0.3, -0.25) is 4.90 Å². The Labute approximate surface area is 195 Å². The molecule has 2 aromatic carbocycles. The molecule has 1 aliphatic heterocycles. The number of hydrogen-bond acceptors (Lipinski definition) is 6. The average molecular weight is 466 g/mol. The summed E-state index contributed by atoms with van der Waals surface area (Å²) in [4.78, 5) is 27.6. The van der Waals surface area contributed by atoms with Crippen LogP contribution in [0.1, 0.15) is 25.8 Å². The highest BCUT2D eigenvalue weighted by Gasteiger charge is 2.25. The second-order valence-corrected chi connectivity index (χ2v) is 9.63. The van der Waals surface area contributed by atoms with E-state index in [1.165, 1.54) is 12.5 Å². The predicted octanol–water partition coefficient (Wildman–Crippen LogP) is 5.40. The maximum atomic E-state index is 12.8. The van der Waals surface area contributed by atoms with Crippen molar-refractivity contribution in [2.75, 3.05) is 13.1 Å². The summed E-state index contributed by atoms with van der Waals surface area (Å²) >= 11 is 6.11. The first kappa shape index (κ1) is 21.7. The van der Waals surface area contributed by atoms with Crippen LogP contribution >= 0.6 is 11.6 Å². The monoisotopic (exact) mass is 465 g/mol. The number of rotatable bonds is 3. The molecule has 4 aromatic rings. The first-order chi connectivity index (χ1) is 15.8. The van der Waals surface area contributed by atoms with Crippen LogP contribution in [0.25, 0.3) is 33.1 Å². The van der Waals surface area contributed by atoms with E-state index >= 15 is 0 Å². The Morgan fingerprint density at radius 3 is 2.52 bits per heavy atom. The summed E-state index contributed by atoms with van der Waals surface area (Å²) in [5.41, 5.74) is 0.709. The summed E-state index contributed by atoms with van der Waals surface area (Å²) in [6.07, 6.45) is 1.17. The summed E-state index contributed by atoms with van der Waals surface area (Å²) in [6.45, 7) is 6.69. The van der Waals surface area contributed by atoms with Gasteiger partial charge in [0.2, 0.25) is 0 Å². The van der Waals surface area contributed by atoms with Gasteiger partial charge in [-0.15, -0.1) is 0 Å². The number of aromatic hydroxyl groups is 1. The molecule has 0 aliphatic carbocycles. The van der Waals surface area contributed by atoms with Crippen LogP contribution < -0.4 is 11.3 Å². The first-order valence-electron chi connectivity index (χ1n) is 11.0. The van der Waals surface area contributed by atoms with Crippen molar-refractivity contribution in [1.29, 1.82) is 0 Å². The van der Waals surface area contributed by atoms with Crippen LogP contribution in [-0.2, 0) is 6.54 Å². The fourth-order valence-corrected chi connectivity index (χ4v) is 5.25. The summed E-state index contributed by atoms with van der Waals surface area (Å²) in [5, 5.41) is 12.4. The zero-order chi connectivity index (χ0) is 23.3. The highest BCUT2D eigenvalue weighted by atomic mass is 35.5. The summed E-state index contributed by atoms with van der Waals surface area (Å²) in [5.74, 6) is 1.15. The smallest absolute Gasteiger partial charge is 0.344 e. The van der Waals surface area contributed by atoms with E-state index in [1.807, 2.05) is 0 Å². The minimum Gasteiger partial charge on any atom is -0.507 e. The van der Waals surface area contributed by atoms with Crippen molar-refractivity contribution in [2.24, 2.45) is 11.8 Å². The molecule has 0 saturated carbocycles. The fraction of sp³-hybridized carbons (Fsp3) is 0.308. The summed E-state index contributed by atoms with van der Waals surface area (Å²) in [7, 11) is 0. The molecule has 1 aliphatic rings. The van der Waals surface area contributed by atoms with Gasteiger partial charge in [0.05, 0.1) is 11.1 Å². The largest absolute Gasteiger partial charge is 0.507 e. The molecule has 0 bridgehead atoms. The Hall–Kier alpha value is -3.09. The van der Waals surface area contributed by atoms with E-state index in [-0.39, 0.29) is 16.9 Å². The van der Waals surface area contributed by atoms with E-state index in [9.17, 15) is 14.7 Å². The highest BCUT2D eigenvalue weighted by Crippen LogP contribution is 2.35. The Bertz CT molecular complexity index is 1480. The zero-order valence-corrected chi connectivity index (χ0v) is 19.2. The molecule has 0 radical (unpaired) electrons. The van der Waals surface area contributed by atoms with Gasteiger partial charge < -0.3 is 13.9 Å².